The third kappa shape index (κ3) is 6.76. The summed E-state index contributed by atoms with van der Waals surface area (Å²) in [6.07, 6.45) is 4.11. The maximum atomic E-state index is 9.16. The number of aliphatic hydroxyl groups excluding tert-OH is 1. The summed E-state index contributed by atoms with van der Waals surface area (Å²) in [5.41, 5.74) is 0.0666. The van der Waals surface area contributed by atoms with Crippen molar-refractivity contribution in [1.29, 1.82) is 0 Å². The molecule has 0 amide bonds. The lowest BCUT2D eigenvalue weighted by atomic mass is 9.84. The highest BCUT2D eigenvalue weighted by Crippen LogP contribution is 2.31. The van der Waals surface area contributed by atoms with E-state index in [9.17, 15) is 0 Å². The van der Waals surface area contributed by atoms with Gasteiger partial charge in [-0.05, 0) is 19.3 Å². The van der Waals surface area contributed by atoms with Crippen molar-refractivity contribution in [3.05, 3.63) is 0 Å². The number of halogens is 1. The van der Waals surface area contributed by atoms with E-state index in [-0.39, 0.29) is 36.0 Å². The molecule has 1 atom stereocenters. The van der Waals surface area contributed by atoms with Crippen LogP contribution in [0.2, 0.25) is 0 Å². The van der Waals surface area contributed by atoms with Crippen LogP contribution in [0.15, 0.2) is 4.99 Å². The molecule has 0 aliphatic carbocycles. The van der Waals surface area contributed by atoms with Crippen molar-refractivity contribution in [3.8, 4) is 0 Å². The minimum absolute atomic E-state index is 0. The van der Waals surface area contributed by atoms with Crippen molar-refractivity contribution in [3.63, 3.8) is 0 Å². The second kappa shape index (κ2) is 10.7. The van der Waals surface area contributed by atoms with Gasteiger partial charge >= 0.3 is 0 Å². The summed E-state index contributed by atoms with van der Waals surface area (Å²) in [5, 5.41) is 15.8. The number of hydrogen-bond donors (Lipinski definition) is 3. The number of ether oxygens (including phenoxy) is 1. The molecule has 1 fully saturated rings. The van der Waals surface area contributed by atoms with Gasteiger partial charge in [0.1, 0.15) is 0 Å². The number of guanidine groups is 1. The van der Waals surface area contributed by atoms with E-state index in [1.54, 1.807) is 7.05 Å². The Bertz CT molecular complexity index is 256. The zero-order valence-corrected chi connectivity index (χ0v) is 14.4. The van der Waals surface area contributed by atoms with E-state index in [0.717, 1.165) is 51.5 Å². The smallest absolute Gasteiger partial charge is 0.190 e. The van der Waals surface area contributed by atoms with Crippen molar-refractivity contribution < 1.29 is 9.84 Å². The van der Waals surface area contributed by atoms with Crippen LogP contribution in [0.4, 0.5) is 0 Å². The van der Waals surface area contributed by atoms with Crippen molar-refractivity contribution >= 4 is 29.9 Å². The van der Waals surface area contributed by atoms with Crippen molar-refractivity contribution in [1.82, 2.24) is 10.6 Å². The van der Waals surface area contributed by atoms with E-state index in [2.05, 4.69) is 22.5 Å². The summed E-state index contributed by atoms with van der Waals surface area (Å²) in [7, 11) is 1.78. The van der Waals surface area contributed by atoms with Gasteiger partial charge < -0.3 is 20.5 Å². The zero-order chi connectivity index (χ0) is 13.3. The Morgan fingerprint density at radius 1 is 1.42 bits per heavy atom. The second-order valence-electron chi connectivity index (χ2n) is 4.98. The number of nitrogens with one attached hydrogen (secondary N) is 2. The molecule has 0 bridgehead atoms. The third-order valence-corrected chi connectivity index (χ3v) is 3.50. The van der Waals surface area contributed by atoms with Gasteiger partial charge in [0.25, 0.3) is 0 Å². The molecule has 1 heterocycles. The average molecular weight is 385 g/mol. The maximum Gasteiger partial charge on any atom is 0.190 e. The summed E-state index contributed by atoms with van der Waals surface area (Å²) < 4.78 is 5.47. The van der Waals surface area contributed by atoms with Crippen LogP contribution in [0.1, 0.15) is 32.6 Å². The van der Waals surface area contributed by atoms with Crippen LogP contribution in [0.3, 0.4) is 0 Å². The van der Waals surface area contributed by atoms with Gasteiger partial charge in [-0.15, -0.1) is 24.0 Å². The summed E-state index contributed by atoms with van der Waals surface area (Å²) in [6.45, 7) is 5.66. The highest BCUT2D eigenvalue weighted by Gasteiger charge is 2.34. The molecule has 1 rings (SSSR count). The summed E-state index contributed by atoms with van der Waals surface area (Å²) in [5.74, 6) is 0.840. The monoisotopic (exact) mass is 385 g/mol. The van der Waals surface area contributed by atoms with Crippen molar-refractivity contribution in [2.75, 3.05) is 40.0 Å². The summed E-state index contributed by atoms with van der Waals surface area (Å²) in [4.78, 5) is 4.20. The SMILES string of the molecule is CCCCNC(=NC)NCC1(CCO)CCOC1.I. The molecule has 0 aromatic rings. The average Bonchev–Trinajstić information content (AvgIpc) is 2.83. The molecular formula is C13H28IN3O2. The first-order valence-electron chi connectivity index (χ1n) is 6.89. The fourth-order valence-electron chi connectivity index (χ4n) is 2.19. The lowest BCUT2D eigenvalue weighted by Crippen LogP contribution is -2.44. The van der Waals surface area contributed by atoms with Crippen LogP contribution in [0, 0.1) is 5.41 Å². The zero-order valence-electron chi connectivity index (χ0n) is 12.1. The molecule has 0 radical (unpaired) electrons. The standard InChI is InChI=1S/C13H27N3O2.HI/c1-3-4-7-15-12(14-2)16-10-13(5-8-17)6-9-18-11-13;/h17H,3-11H2,1-2H3,(H2,14,15,16);1H. The first-order chi connectivity index (χ1) is 8.76. The minimum atomic E-state index is 0. The van der Waals surface area contributed by atoms with Crippen LogP contribution in [0.25, 0.3) is 0 Å². The molecule has 0 aromatic carbocycles. The van der Waals surface area contributed by atoms with E-state index < -0.39 is 0 Å². The number of unbranched alkanes of at least 4 members (excludes halogenated alkanes) is 1. The molecule has 0 spiro atoms. The molecule has 1 aliphatic rings. The number of rotatable bonds is 7. The Labute approximate surface area is 133 Å². The van der Waals surface area contributed by atoms with Crippen LogP contribution >= 0.6 is 24.0 Å². The number of aliphatic imine (C=N–C) groups is 1. The van der Waals surface area contributed by atoms with Gasteiger partial charge in [-0.25, -0.2) is 0 Å². The fraction of sp³-hybridized carbons (Fsp3) is 0.923. The van der Waals surface area contributed by atoms with E-state index >= 15 is 0 Å². The normalized spacial score (nSPS) is 23.0. The molecule has 1 saturated heterocycles. The topological polar surface area (TPSA) is 65.9 Å². The highest BCUT2D eigenvalue weighted by molar-refractivity contribution is 14.0. The van der Waals surface area contributed by atoms with Gasteiger partial charge in [0.15, 0.2) is 5.96 Å². The predicted molar refractivity (Wildman–Crippen MR) is 89.3 cm³/mol. The van der Waals surface area contributed by atoms with Gasteiger partial charge in [-0.2, -0.15) is 0 Å². The Balaban J connectivity index is 0.00000324. The second-order valence-corrected chi connectivity index (χ2v) is 4.98. The van der Waals surface area contributed by atoms with Crippen LogP contribution in [-0.4, -0.2) is 51.0 Å². The summed E-state index contributed by atoms with van der Waals surface area (Å²) >= 11 is 0. The van der Waals surface area contributed by atoms with Gasteiger partial charge in [-0.1, -0.05) is 13.3 Å². The number of aliphatic hydroxyl groups is 1. The van der Waals surface area contributed by atoms with Crippen LogP contribution < -0.4 is 10.6 Å². The molecule has 3 N–H and O–H groups in total. The Morgan fingerprint density at radius 3 is 2.74 bits per heavy atom. The molecule has 5 nitrogen and oxygen atoms in total. The largest absolute Gasteiger partial charge is 0.396 e. The lowest BCUT2D eigenvalue weighted by Gasteiger charge is -2.27. The molecule has 0 aromatic heterocycles. The van der Waals surface area contributed by atoms with E-state index in [1.807, 2.05) is 0 Å². The van der Waals surface area contributed by atoms with Gasteiger partial charge in [-0.3, -0.25) is 4.99 Å². The van der Waals surface area contributed by atoms with E-state index in [1.165, 1.54) is 6.42 Å². The molecular weight excluding hydrogens is 357 g/mol. The van der Waals surface area contributed by atoms with Crippen molar-refractivity contribution in [2.45, 2.75) is 32.6 Å². The van der Waals surface area contributed by atoms with Crippen LogP contribution in [-0.2, 0) is 4.74 Å². The first-order valence-corrected chi connectivity index (χ1v) is 6.89. The number of hydrogen-bond acceptors (Lipinski definition) is 3. The molecule has 6 heteroatoms. The minimum Gasteiger partial charge on any atom is -0.396 e. The van der Waals surface area contributed by atoms with E-state index in [4.69, 9.17) is 9.84 Å². The maximum absolute atomic E-state index is 9.16. The first kappa shape index (κ1) is 18.9. The van der Waals surface area contributed by atoms with Gasteiger partial charge in [0.05, 0.1) is 6.61 Å². The molecule has 19 heavy (non-hydrogen) atoms. The van der Waals surface area contributed by atoms with Crippen molar-refractivity contribution in [2.24, 2.45) is 10.4 Å². The lowest BCUT2D eigenvalue weighted by molar-refractivity contribution is 0.127. The highest BCUT2D eigenvalue weighted by atomic mass is 127. The Morgan fingerprint density at radius 2 is 2.21 bits per heavy atom. The Hall–Kier alpha value is -0.0800. The predicted octanol–water partition coefficient (Wildman–Crippen LogP) is 1.36. The molecule has 1 aliphatic heterocycles. The molecule has 114 valence electrons. The molecule has 1 unspecified atom stereocenters. The Kier molecular flexibility index (Phi) is 10.6. The quantitative estimate of drug-likeness (QED) is 0.268. The van der Waals surface area contributed by atoms with E-state index in [0.29, 0.717) is 0 Å². The van der Waals surface area contributed by atoms with Gasteiger partial charge in [0, 0.05) is 38.8 Å². The fourth-order valence-corrected chi connectivity index (χ4v) is 2.19. The molecule has 0 saturated carbocycles. The number of nitrogens with zero attached hydrogens (tertiary/aromatic N) is 1. The summed E-state index contributed by atoms with van der Waals surface area (Å²) in [6, 6.07) is 0. The van der Waals surface area contributed by atoms with Crippen LogP contribution in [0.5, 0.6) is 0 Å². The third-order valence-electron chi connectivity index (χ3n) is 3.50. The van der Waals surface area contributed by atoms with Gasteiger partial charge in [0.2, 0.25) is 0 Å².